The predicted octanol–water partition coefficient (Wildman–Crippen LogP) is 3.19. The van der Waals surface area contributed by atoms with Crippen LogP contribution in [0.3, 0.4) is 0 Å². The Kier molecular flexibility index (Phi) is 5.62. The molecule has 5 heterocycles. The summed E-state index contributed by atoms with van der Waals surface area (Å²) in [5.41, 5.74) is 5.58. The van der Waals surface area contributed by atoms with Gasteiger partial charge in [0.2, 0.25) is 0 Å². The lowest BCUT2D eigenvalue weighted by Crippen LogP contribution is -2.31. The Morgan fingerprint density at radius 3 is 2.67 bits per heavy atom. The lowest BCUT2D eigenvalue weighted by atomic mass is 10.1. The number of pyridine rings is 1. The van der Waals surface area contributed by atoms with Gasteiger partial charge >= 0.3 is 0 Å². The number of fused-ring (bicyclic) bond motifs is 2. The minimum Gasteiger partial charge on any atom is -0.370 e. The molecular weight excluding hydrogens is 414 g/mol. The van der Waals surface area contributed by atoms with Crippen LogP contribution in [0.4, 0.5) is 5.69 Å². The van der Waals surface area contributed by atoms with Gasteiger partial charge in [0.1, 0.15) is 11.3 Å². The molecule has 1 aliphatic heterocycles. The van der Waals surface area contributed by atoms with Crippen molar-refractivity contribution in [1.82, 2.24) is 28.9 Å². The van der Waals surface area contributed by atoms with Gasteiger partial charge in [-0.25, -0.2) is 9.50 Å². The molecule has 1 fully saturated rings. The summed E-state index contributed by atoms with van der Waals surface area (Å²) in [7, 11) is 0. The van der Waals surface area contributed by atoms with E-state index in [0.29, 0.717) is 23.0 Å². The van der Waals surface area contributed by atoms with E-state index >= 15 is 0 Å². The quantitative estimate of drug-likeness (QED) is 0.454. The Balaban J connectivity index is 1.43. The minimum atomic E-state index is -0.0983. The zero-order chi connectivity index (χ0) is 23.1. The van der Waals surface area contributed by atoms with E-state index in [0.717, 1.165) is 55.3 Å². The van der Waals surface area contributed by atoms with Crippen LogP contribution in [0.25, 0.3) is 22.6 Å². The standard InChI is InChI=1S/C25H31N7O/c1-5-29(6-2)14-19-9-10-30(15-19)20-7-8-24-27-21(12-25(33)31(24)16-20)22-11-23-18(4)26-17(3)13-32(23)28-22/h7-8,11-13,16,19H,5-6,9-10,14-15H2,1-4H3/t19-/m0/s1. The highest BCUT2D eigenvalue weighted by Crippen LogP contribution is 2.25. The highest BCUT2D eigenvalue weighted by atomic mass is 16.1. The van der Waals surface area contributed by atoms with Gasteiger partial charge in [-0.05, 0) is 57.5 Å². The molecule has 0 bridgehead atoms. The number of anilines is 1. The monoisotopic (exact) mass is 445 g/mol. The number of hydrogen-bond acceptors (Lipinski definition) is 6. The summed E-state index contributed by atoms with van der Waals surface area (Å²) < 4.78 is 3.45. The summed E-state index contributed by atoms with van der Waals surface area (Å²) in [5.74, 6) is 0.662. The van der Waals surface area contributed by atoms with E-state index in [4.69, 9.17) is 4.98 Å². The van der Waals surface area contributed by atoms with Crippen molar-refractivity contribution in [2.45, 2.75) is 34.1 Å². The second-order valence-corrected chi connectivity index (χ2v) is 9.01. The van der Waals surface area contributed by atoms with Crippen molar-refractivity contribution in [3.63, 3.8) is 0 Å². The first-order valence-corrected chi connectivity index (χ1v) is 11.8. The van der Waals surface area contributed by atoms with Crippen molar-refractivity contribution in [2.75, 3.05) is 37.6 Å². The molecule has 0 aromatic carbocycles. The third kappa shape index (κ3) is 4.11. The topological polar surface area (TPSA) is 71.0 Å². The Labute approximate surface area is 193 Å². The fourth-order valence-corrected chi connectivity index (χ4v) is 4.89. The Morgan fingerprint density at radius 1 is 1.06 bits per heavy atom. The first-order chi connectivity index (χ1) is 15.9. The first kappa shape index (κ1) is 21.6. The summed E-state index contributed by atoms with van der Waals surface area (Å²) in [4.78, 5) is 27.1. The molecule has 1 aliphatic rings. The van der Waals surface area contributed by atoms with Crippen LogP contribution in [0.1, 0.15) is 31.7 Å². The highest BCUT2D eigenvalue weighted by molar-refractivity contribution is 5.66. The molecule has 0 spiro atoms. The van der Waals surface area contributed by atoms with Gasteiger partial charge in [-0.2, -0.15) is 5.10 Å². The van der Waals surface area contributed by atoms with Crippen molar-refractivity contribution < 1.29 is 0 Å². The molecule has 0 radical (unpaired) electrons. The maximum absolute atomic E-state index is 13.0. The van der Waals surface area contributed by atoms with E-state index in [9.17, 15) is 4.79 Å². The lowest BCUT2D eigenvalue weighted by molar-refractivity contribution is 0.261. The first-order valence-electron chi connectivity index (χ1n) is 11.8. The molecule has 8 nitrogen and oxygen atoms in total. The molecule has 5 rings (SSSR count). The lowest BCUT2D eigenvalue weighted by Gasteiger charge is -2.23. The van der Waals surface area contributed by atoms with Gasteiger partial charge in [-0.3, -0.25) is 14.2 Å². The number of rotatable bonds is 6. The fourth-order valence-electron chi connectivity index (χ4n) is 4.89. The van der Waals surface area contributed by atoms with Crippen molar-refractivity contribution >= 4 is 16.9 Å². The molecule has 33 heavy (non-hydrogen) atoms. The maximum Gasteiger partial charge on any atom is 0.258 e. The minimum absolute atomic E-state index is 0.0983. The maximum atomic E-state index is 13.0. The van der Waals surface area contributed by atoms with E-state index in [-0.39, 0.29) is 5.56 Å². The van der Waals surface area contributed by atoms with E-state index in [1.54, 1.807) is 10.5 Å². The molecule has 1 atom stereocenters. The van der Waals surface area contributed by atoms with E-state index in [1.807, 2.05) is 42.9 Å². The average Bonchev–Trinajstić information content (AvgIpc) is 3.44. The molecular formula is C25H31N7O. The van der Waals surface area contributed by atoms with Gasteiger partial charge in [-0.1, -0.05) is 13.8 Å². The molecule has 0 amide bonds. The highest BCUT2D eigenvalue weighted by Gasteiger charge is 2.24. The normalized spacial score (nSPS) is 16.5. The third-order valence-corrected chi connectivity index (χ3v) is 6.73. The van der Waals surface area contributed by atoms with Crippen LogP contribution in [0.15, 0.2) is 41.5 Å². The van der Waals surface area contributed by atoms with Crippen molar-refractivity contribution in [3.8, 4) is 11.4 Å². The molecule has 172 valence electrons. The van der Waals surface area contributed by atoms with Gasteiger partial charge in [0.05, 0.1) is 34.5 Å². The van der Waals surface area contributed by atoms with Gasteiger partial charge in [-0.15, -0.1) is 0 Å². The molecule has 4 aromatic heterocycles. The summed E-state index contributed by atoms with van der Waals surface area (Å²) in [6.45, 7) is 13.7. The van der Waals surface area contributed by atoms with Gasteiger partial charge in [0, 0.05) is 31.9 Å². The van der Waals surface area contributed by atoms with E-state index in [2.05, 4.69) is 39.8 Å². The number of nitrogens with zero attached hydrogens (tertiary/aromatic N) is 7. The molecule has 0 unspecified atom stereocenters. The van der Waals surface area contributed by atoms with Crippen LogP contribution >= 0.6 is 0 Å². The summed E-state index contributed by atoms with van der Waals surface area (Å²) >= 11 is 0. The van der Waals surface area contributed by atoms with Crippen LogP contribution in [-0.2, 0) is 0 Å². The summed E-state index contributed by atoms with van der Waals surface area (Å²) in [5, 5.41) is 4.63. The Bertz CT molecular complexity index is 1370. The second-order valence-electron chi connectivity index (χ2n) is 9.01. The number of aryl methyl sites for hydroxylation is 2. The molecule has 0 N–H and O–H groups in total. The molecule has 0 aliphatic carbocycles. The molecule has 4 aromatic rings. The van der Waals surface area contributed by atoms with Crippen LogP contribution in [0.2, 0.25) is 0 Å². The van der Waals surface area contributed by atoms with Gasteiger partial charge < -0.3 is 9.80 Å². The number of aromatic nitrogens is 5. The smallest absolute Gasteiger partial charge is 0.258 e. The number of hydrogen-bond donors (Lipinski definition) is 0. The van der Waals surface area contributed by atoms with E-state index < -0.39 is 0 Å². The third-order valence-electron chi connectivity index (χ3n) is 6.73. The van der Waals surface area contributed by atoms with E-state index in [1.165, 1.54) is 6.42 Å². The molecule has 0 saturated carbocycles. The zero-order valence-corrected chi connectivity index (χ0v) is 19.8. The molecule has 8 heteroatoms. The van der Waals surface area contributed by atoms with Crippen molar-refractivity contribution in [1.29, 1.82) is 0 Å². The van der Waals surface area contributed by atoms with Crippen molar-refractivity contribution in [2.24, 2.45) is 5.92 Å². The fraction of sp³-hybridized carbons (Fsp3) is 0.440. The predicted molar refractivity (Wildman–Crippen MR) is 131 cm³/mol. The molecule has 1 saturated heterocycles. The largest absolute Gasteiger partial charge is 0.370 e. The Morgan fingerprint density at radius 2 is 1.88 bits per heavy atom. The zero-order valence-electron chi connectivity index (χ0n) is 19.8. The van der Waals surface area contributed by atoms with Crippen LogP contribution in [0.5, 0.6) is 0 Å². The van der Waals surface area contributed by atoms with Crippen molar-refractivity contribution in [3.05, 3.63) is 58.4 Å². The summed E-state index contributed by atoms with van der Waals surface area (Å²) in [6, 6.07) is 7.52. The SMILES string of the molecule is CCN(CC)C[C@@H]1CCN(c2ccc3nc(-c4cc5c(C)nc(C)cn5n4)cc(=O)n3c2)C1. The van der Waals surface area contributed by atoms with Crippen LogP contribution in [-0.4, -0.2) is 61.6 Å². The second kappa shape index (κ2) is 8.59. The summed E-state index contributed by atoms with van der Waals surface area (Å²) in [6.07, 6.45) is 4.99. The van der Waals surface area contributed by atoms with Crippen LogP contribution < -0.4 is 10.5 Å². The van der Waals surface area contributed by atoms with Gasteiger partial charge in [0.25, 0.3) is 5.56 Å². The van der Waals surface area contributed by atoms with Gasteiger partial charge in [0.15, 0.2) is 0 Å². The average molecular weight is 446 g/mol. The van der Waals surface area contributed by atoms with Crippen LogP contribution in [0, 0.1) is 19.8 Å². The Hall–Kier alpha value is -3.26.